The Balaban J connectivity index is 2.39. The Morgan fingerprint density at radius 2 is 1.94 bits per heavy atom. The summed E-state index contributed by atoms with van der Waals surface area (Å²) in [6.45, 7) is 4.12. The van der Waals surface area contributed by atoms with Gasteiger partial charge in [-0.25, -0.2) is 4.39 Å². The largest absolute Gasteiger partial charge is 0.497 e. The average Bonchev–Trinajstić information content (AvgIpc) is 2.67. The van der Waals surface area contributed by atoms with Gasteiger partial charge in [0.25, 0.3) is 0 Å². The maximum atomic E-state index is 14.0. The van der Waals surface area contributed by atoms with E-state index in [1.165, 1.54) is 22.9 Å². The van der Waals surface area contributed by atoms with Crippen LogP contribution in [0.5, 0.6) is 5.75 Å². The normalized spacial score (nSPS) is 12.5. The summed E-state index contributed by atoms with van der Waals surface area (Å²) in [5, 5.41) is 0. The zero-order valence-electron chi connectivity index (χ0n) is 10.5. The van der Waals surface area contributed by atoms with Crippen molar-refractivity contribution in [2.24, 2.45) is 0 Å². The van der Waals surface area contributed by atoms with Gasteiger partial charge in [0.2, 0.25) is 0 Å². The minimum absolute atomic E-state index is 0.117. The molecule has 96 valence electrons. The van der Waals surface area contributed by atoms with Gasteiger partial charge < -0.3 is 4.74 Å². The number of rotatable bonds is 3. The fraction of sp³-hybridized carbons (Fsp3) is 0.286. The Morgan fingerprint density at radius 3 is 2.44 bits per heavy atom. The van der Waals surface area contributed by atoms with Gasteiger partial charge in [0, 0.05) is 21.4 Å². The van der Waals surface area contributed by atoms with E-state index < -0.39 is 0 Å². The van der Waals surface area contributed by atoms with Crippen LogP contribution >= 0.6 is 27.3 Å². The zero-order chi connectivity index (χ0) is 13.3. The molecule has 0 bridgehead atoms. The molecule has 0 fully saturated rings. The molecule has 0 amide bonds. The lowest BCUT2D eigenvalue weighted by molar-refractivity contribution is 0.411. The Morgan fingerprint density at radius 1 is 1.22 bits per heavy atom. The third-order valence-electron chi connectivity index (χ3n) is 2.83. The molecule has 0 N–H and O–H groups in total. The molecule has 0 saturated heterocycles. The first kappa shape index (κ1) is 13.6. The van der Waals surface area contributed by atoms with Gasteiger partial charge >= 0.3 is 0 Å². The van der Waals surface area contributed by atoms with Crippen molar-refractivity contribution in [3.05, 3.63) is 51.0 Å². The molecule has 1 unspecified atom stereocenters. The van der Waals surface area contributed by atoms with Crippen molar-refractivity contribution < 1.29 is 9.13 Å². The van der Waals surface area contributed by atoms with E-state index in [2.05, 4.69) is 35.8 Å². The predicted octanol–water partition coefficient (Wildman–Crippen LogP) is 5.00. The molecule has 1 nitrogen and oxygen atoms in total. The van der Waals surface area contributed by atoms with E-state index in [0.717, 1.165) is 5.56 Å². The molecule has 18 heavy (non-hydrogen) atoms. The summed E-state index contributed by atoms with van der Waals surface area (Å²) in [6, 6.07) is 7.06. The highest BCUT2D eigenvalue weighted by molar-refractivity contribution is 9.09. The highest BCUT2D eigenvalue weighted by Gasteiger charge is 2.18. The van der Waals surface area contributed by atoms with E-state index >= 15 is 0 Å². The van der Waals surface area contributed by atoms with Crippen molar-refractivity contribution in [1.29, 1.82) is 0 Å². The Bertz CT molecular complexity index is 565. The van der Waals surface area contributed by atoms with Gasteiger partial charge in [-0.05, 0) is 31.5 Å². The third kappa shape index (κ3) is 2.59. The number of hydrogen-bond acceptors (Lipinski definition) is 2. The first-order valence-electron chi connectivity index (χ1n) is 5.57. The van der Waals surface area contributed by atoms with Crippen LogP contribution in [0, 0.1) is 19.7 Å². The second kappa shape index (κ2) is 5.41. The van der Waals surface area contributed by atoms with Gasteiger partial charge in [-0.15, -0.1) is 11.3 Å². The summed E-state index contributed by atoms with van der Waals surface area (Å²) in [5.41, 5.74) is 1.76. The average molecular weight is 329 g/mol. The standard InChI is InChI=1S/C14H14BrFOS/c1-8-6-12(9(2)18-8)14(15)11-5-4-10(17-3)7-13(11)16/h4-7,14H,1-3H3. The van der Waals surface area contributed by atoms with Crippen LogP contribution in [0.15, 0.2) is 24.3 Å². The molecule has 0 aliphatic heterocycles. The fourth-order valence-electron chi connectivity index (χ4n) is 1.91. The summed E-state index contributed by atoms with van der Waals surface area (Å²) in [5.74, 6) is 0.286. The van der Waals surface area contributed by atoms with Crippen LogP contribution in [-0.2, 0) is 0 Å². The number of hydrogen-bond donors (Lipinski definition) is 0. The number of thiophene rings is 1. The second-order valence-corrected chi connectivity index (χ2v) is 6.49. The zero-order valence-corrected chi connectivity index (χ0v) is 12.9. The van der Waals surface area contributed by atoms with E-state index in [9.17, 15) is 4.39 Å². The van der Waals surface area contributed by atoms with Crippen molar-refractivity contribution in [1.82, 2.24) is 0 Å². The van der Waals surface area contributed by atoms with Crippen LogP contribution in [0.4, 0.5) is 4.39 Å². The quantitative estimate of drug-likeness (QED) is 0.720. The molecular weight excluding hydrogens is 315 g/mol. The summed E-state index contributed by atoms with van der Waals surface area (Å²) in [4.78, 5) is 2.33. The number of benzene rings is 1. The van der Waals surface area contributed by atoms with E-state index in [-0.39, 0.29) is 10.6 Å². The fourth-order valence-corrected chi connectivity index (χ4v) is 3.87. The van der Waals surface area contributed by atoms with Crippen molar-refractivity contribution in [2.45, 2.75) is 18.7 Å². The van der Waals surface area contributed by atoms with Crippen LogP contribution in [0.2, 0.25) is 0 Å². The summed E-state index contributed by atoms with van der Waals surface area (Å²) in [6.07, 6.45) is 0. The van der Waals surface area contributed by atoms with Gasteiger partial charge in [0.05, 0.1) is 11.9 Å². The monoisotopic (exact) mass is 328 g/mol. The number of alkyl halides is 1. The van der Waals surface area contributed by atoms with Gasteiger partial charge in [-0.3, -0.25) is 0 Å². The topological polar surface area (TPSA) is 9.23 Å². The van der Waals surface area contributed by atoms with E-state index in [4.69, 9.17) is 4.74 Å². The molecule has 1 aromatic carbocycles. The molecule has 0 spiro atoms. The Labute approximate surface area is 119 Å². The first-order chi connectivity index (χ1) is 8.52. The molecule has 2 rings (SSSR count). The maximum absolute atomic E-state index is 14.0. The van der Waals surface area contributed by atoms with Crippen molar-refractivity contribution in [2.75, 3.05) is 7.11 Å². The molecule has 1 heterocycles. The molecule has 2 aromatic rings. The van der Waals surface area contributed by atoms with Crippen molar-refractivity contribution >= 4 is 27.3 Å². The van der Waals surface area contributed by atoms with Gasteiger partial charge in [-0.2, -0.15) is 0 Å². The highest BCUT2D eigenvalue weighted by Crippen LogP contribution is 2.38. The maximum Gasteiger partial charge on any atom is 0.131 e. The van der Waals surface area contributed by atoms with Crippen LogP contribution in [-0.4, -0.2) is 7.11 Å². The van der Waals surface area contributed by atoms with Crippen LogP contribution in [0.3, 0.4) is 0 Å². The number of halogens is 2. The lowest BCUT2D eigenvalue weighted by Gasteiger charge is -2.12. The molecule has 4 heteroatoms. The summed E-state index contributed by atoms with van der Waals surface area (Å²) in [7, 11) is 1.53. The summed E-state index contributed by atoms with van der Waals surface area (Å²) >= 11 is 5.31. The molecule has 1 aromatic heterocycles. The lowest BCUT2D eigenvalue weighted by Crippen LogP contribution is -1.97. The van der Waals surface area contributed by atoms with Crippen LogP contribution in [0.1, 0.15) is 25.7 Å². The molecule has 0 aliphatic carbocycles. The first-order valence-corrected chi connectivity index (χ1v) is 7.30. The van der Waals surface area contributed by atoms with Crippen molar-refractivity contribution in [3.8, 4) is 5.75 Å². The Hall–Kier alpha value is -0.870. The smallest absolute Gasteiger partial charge is 0.131 e. The van der Waals surface area contributed by atoms with Crippen LogP contribution in [0.25, 0.3) is 0 Å². The molecule has 1 atom stereocenters. The molecule has 0 radical (unpaired) electrons. The minimum atomic E-state index is -0.250. The number of aryl methyl sites for hydroxylation is 2. The van der Waals surface area contributed by atoms with E-state index in [1.807, 2.05) is 0 Å². The van der Waals surface area contributed by atoms with E-state index in [0.29, 0.717) is 11.3 Å². The molecular formula is C14H14BrFOS. The Kier molecular flexibility index (Phi) is 4.07. The van der Waals surface area contributed by atoms with E-state index in [1.54, 1.807) is 23.5 Å². The van der Waals surface area contributed by atoms with Gasteiger partial charge in [-0.1, -0.05) is 22.0 Å². The number of methoxy groups -OCH3 is 1. The summed E-state index contributed by atoms with van der Waals surface area (Å²) < 4.78 is 19.0. The van der Waals surface area contributed by atoms with Crippen molar-refractivity contribution in [3.63, 3.8) is 0 Å². The second-order valence-electron chi connectivity index (χ2n) is 4.12. The highest BCUT2D eigenvalue weighted by atomic mass is 79.9. The third-order valence-corrected chi connectivity index (χ3v) is 4.80. The molecule has 0 saturated carbocycles. The van der Waals surface area contributed by atoms with Gasteiger partial charge in [0.15, 0.2) is 0 Å². The van der Waals surface area contributed by atoms with Crippen LogP contribution < -0.4 is 4.74 Å². The SMILES string of the molecule is COc1ccc(C(Br)c2cc(C)sc2C)c(F)c1. The minimum Gasteiger partial charge on any atom is -0.497 e. The molecule has 0 aliphatic rings. The number of ether oxygens (including phenoxy) is 1. The predicted molar refractivity (Wildman–Crippen MR) is 77.5 cm³/mol. The van der Waals surface area contributed by atoms with Gasteiger partial charge in [0.1, 0.15) is 11.6 Å². The lowest BCUT2D eigenvalue weighted by atomic mass is 10.0.